The highest BCUT2D eigenvalue weighted by Crippen LogP contribution is 2.38. The Kier molecular flexibility index (Phi) is 5.64. The van der Waals surface area contributed by atoms with Crippen LogP contribution in [-0.2, 0) is 25.6 Å². The van der Waals surface area contributed by atoms with Gasteiger partial charge in [-0.2, -0.15) is 0 Å². The van der Waals surface area contributed by atoms with Crippen LogP contribution in [0.1, 0.15) is 45.6 Å². The van der Waals surface area contributed by atoms with Crippen molar-refractivity contribution in [3.8, 4) is 0 Å². The Morgan fingerprint density at radius 1 is 1.24 bits per heavy atom. The molecule has 1 aromatic rings. The molecule has 2 heterocycles. The van der Waals surface area contributed by atoms with Gasteiger partial charge in [-0.1, -0.05) is 36.4 Å². The summed E-state index contributed by atoms with van der Waals surface area (Å²) in [5.74, 6) is -0.533. The van der Waals surface area contributed by atoms with E-state index in [1.165, 1.54) is 5.56 Å². The fourth-order valence-electron chi connectivity index (χ4n) is 3.78. The number of rotatable bonds is 7. The van der Waals surface area contributed by atoms with E-state index in [2.05, 4.69) is 25.6 Å². The number of ether oxygens (including phenoxy) is 4. The molecular weight excluding hydrogens is 316 g/mol. The van der Waals surface area contributed by atoms with Crippen molar-refractivity contribution < 1.29 is 18.9 Å². The first-order valence-corrected chi connectivity index (χ1v) is 9.15. The molecule has 1 aromatic carbocycles. The van der Waals surface area contributed by atoms with E-state index in [1.807, 2.05) is 38.1 Å². The first kappa shape index (κ1) is 18.6. The SMILES string of the molecule is C=CC[C@H]1C[C@@H](OCc2ccccc2)[C@@H](C[C@]2(C)COC(C)(C)O2)O1. The maximum absolute atomic E-state index is 6.27. The molecule has 138 valence electrons. The predicted octanol–water partition coefficient (Wildman–Crippen LogP) is 4.24. The molecule has 4 atom stereocenters. The quantitative estimate of drug-likeness (QED) is 0.692. The molecule has 4 heteroatoms. The van der Waals surface area contributed by atoms with Gasteiger partial charge in [0.1, 0.15) is 0 Å². The molecule has 0 aliphatic carbocycles. The third kappa shape index (κ3) is 4.91. The highest BCUT2D eigenvalue weighted by molar-refractivity contribution is 5.13. The second kappa shape index (κ2) is 7.58. The first-order chi connectivity index (χ1) is 11.9. The minimum atomic E-state index is -0.533. The lowest BCUT2D eigenvalue weighted by Gasteiger charge is -2.30. The summed E-state index contributed by atoms with van der Waals surface area (Å²) >= 11 is 0. The van der Waals surface area contributed by atoms with Gasteiger partial charge in [0.05, 0.1) is 37.1 Å². The van der Waals surface area contributed by atoms with Crippen LogP contribution >= 0.6 is 0 Å². The van der Waals surface area contributed by atoms with E-state index in [-0.39, 0.29) is 23.9 Å². The maximum Gasteiger partial charge on any atom is 0.163 e. The van der Waals surface area contributed by atoms with Crippen molar-refractivity contribution in [1.82, 2.24) is 0 Å². The first-order valence-electron chi connectivity index (χ1n) is 9.15. The van der Waals surface area contributed by atoms with E-state index in [1.54, 1.807) is 0 Å². The Balaban J connectivity index is 1.63. The lowest BCUT2D eigenvalue weighted by Crippen LogP contribution is -2.38. The summed E-state index contributed by atoms with van der Waals surface area (Å²) in [6.45, 7) is 11.0. The Morgan fingerprint density at radius 3 is 2.64 bits per heavy atom. The molecule has 0 aromatic heterocycles. The Labute approximate surface area is 151 Å². The van der Waals surface area contributed by atoms with Gasteiger partial charge in [-0.05, 0) is 32.8 Å². The Bertz CT molecular complexity index is 571. The van der Waals surface area contributed by atoms with Crippen LogP contribution in [-0.4, -0.2) is 36.3 Å². The zero-order valence-electron chi connectivity index (χ0n) is 15.6. The van der Waals surface area contributed by atoms with Crippen molar-refractivity contribution in [3.05, 3.63) is 48.6 Å². The van der Waals surface area contributed by atoms with Crippen LogP contribution in [0.3, 0.4) is 0 Å². The van der Waals surface area contributed by atoms with E-state index in [0.717, 1.165) is 19.3 Å². The summed E-state index contributed by atoms with van der Waals surface area (Å²) in [6, 6.07) is 10.3. The molecule has 0 saturated carbocycles. The molecule has 0 amide bonds. The van der Waals surface area contributed by atoms with Gasteiger partial charge in [0.2, 0.25) is 0 Å². The van der Waals surface area contributed by atoms with Crippen LogP contribution in [0.25, 0.3) is 0 Å². The molecule has 0 unspecified atom stereocenters. The van der Waals surface area contributed by atoms with Crippen LogP contribution in [0.2, 0.25) is 0 Å². The summed E-state index contributed by atoms with van der Waals surface area (Å²) in [6.07, 6.45) is 4.67. The molecule has 2 aliphatic rings. The van der Waals surface area contributed by atoms with E-state index in [4.69, 9.17) is 18.9 Å². The van der Waals surface area contributed by atoms with Gasteiger partial charge in [-0.25, -0.2) is 0 Å². The largest absolute Gasteiger partial charge is 0.372 e. The number of hydrogen-bond acceptors (Lipinski definition) is 4. The minimum absolute atomic E-state index is 0.0103. The smallest absolute Gasteiger partial charge is 0.163 e. The molecule has 25 heavy (non-hydrogen) atoms. The highest BCUT2D eigenvalue weighted by atomic mass is 16.8. The van der Waals surface area contributed by atoms with Gasteiger partial charge in [0.25, 0.3) is 0 Å². The van der Waals surface area contributed by atoms with Crippen molar-refractivity contribution in [2.75, 3.05) is 6.61 Å². The summed E-state index contributed by atoms with van der Waals surface area (Å²) in [4.78, 5) is 0. The molecule has 2 aliphatic heterocycles. The topological polar surface area (TPSA) is 36.9 Å². The Hall–Kier alpha value is -1.20. The zero-order chi connectivity index (χ0) is 17.9. The average Bonchev–Trinajstić information content (AvgIpc) is 3.06. The van der Waals surface area contributed by atoms with Crippen LogP contribution < -0.4 is 0 Å². The second-order valence-corrected chi connectivity index (χ2v) is 7.84. The van der Waals surface area contributed by atoms with Gasteiger partial charge in [-0.15, -0.1) is 6.58 Å². The molecule has 2 saturated heterocycles. The fraction of sp³-hybridized carbons (Fsp3) is 0.619. The van der Waals surface area contributed by atoms with Crippen LogP contribution in [0, 0.1) is 0 Å². The highest BCUT2D eigenvalue weighted by Gasteiger charge is 2.47. The third-order valence-electron chi connectivity index (χ3n) is 4.86. The van der Waals surface area contributed by atoms with Crippen LogP contribution in [0.5, 0.6) is 0 Å². The molecule has 4 nitrogen and oxygen atoms in total. The lowest BCUT2D eigenvalue weighted by molar-refractivity contribution is -0.167. The van der Waals surface area contributed by atoms with Crippen LogP contribution in [0.15, 0.2) is 43.0 Å². The monoisotopic (exact) mass is 346 g/mol. The van der Waals surface area contributed by atoms with Gasteiger partial charge >= 0.3 is 0 Å². The maximum atomic E-state index is 6.27. The summed E-state index contributed by atoms with van der Waals surface area (Å²) < 4.78 is 24.4. The van der Waals surface area contributed by atoms with Gasteiger partial charge in [0.15, 0.2) is 5.79 Å². The molecule has 0 N–H and O–H groups in total. The third-order valence-corrected chi connectivity index (χ3v) is 4.86. The normalized spacial score (nSPS) is 34.3. The molecule has 2 fully saturated rings. The molecule has 0 radical (unpaired) electrons. The van der Waals surface area contributed by atoms with Crippen molar-refractivity contribution >= 4 is 0 Å². The van der Waals surface area contributed by atoms with E-state index < -0.39 is 5.79 Å². The predicted molar refractivity (Wildman–Crippen MR) is 97.2 cm³/mol. The van der Waals surface area contributed by atoms with Crippen molar-refractivity contribution in [3.63, 3.8) is 0 Å². The van der Waals surface area contributed by atoms with Crippen molar-refractivity contribution in [2.24, 2.45) is 0 Å². The van der Waals surface area contributed by atoms with Crippen LogP contribution in [0.4, 0.5) is 0 Å². The molecule has 3 rings (SSSR count). The number of hydrogen-bond donors (Lipinski definition) is 0. The lowest BCUT2D eigenvalue weighted by atomic mass is 9.96. The summed E-state index contributed by atoms with van der Waals surface area (Å²) in [5, 5.41) is 0. The summed E-state index contributed by atoms with van der Waals surface area (Å²) in [5.41, 5.74) is 0.840. The average molecular weight is 346 g/mol. The minimum Gasteiger partial charge on any atom is -0.372 e. The molecule has 0 bridgehead atoms. The van der Waals surface area contributed by atoms with E-state index in [0.29, 0.717) is 13.2 Å². The Morgan fingerprint density at radius 2 is 2.00 bits per heavy atom. The van der Waals surface area contributed by atoms with Gasteiger partial charge < -0.3 is 18.9 Å². The van der Waals surface area contributed by atoms with E-state index >= 15 is 0 Å². The molecular formula is C21H30O4. The second-order valence-electron chi connectivity index (χ2n) is 7.84. The zero-order valence-corrected chi connectivity index (χ0v) is 15.6. The van der Waals surface area contributed by atoms with Gasteiger partial charge in [0, 0.05) is 12.8 Å². The van der Waals surface area contributed by atoms with Gasteiger partial charge in [-0.3, -0.25) is 0 Å². The fourth-order valence-corrected chi connectivity index (χ4v) is 3.78. The van der Waals surface area contributed by atoms with E-state index in [9.17, 15) is 0 Å². The summed E-state index contributed by atoms with van der Waals surface area (Å²) in [7, 11) is 0. The van der Waals surface area contributed by atoms with Crippen molar-refractivity contribution in [2.45, 2.75) is 76.3 Å². The molecule has 0 spiro atoms. The number of benzene rings is 1. The standard InChI is InChI=1S/C21H30O4/c1-5-9-17-12-18(22-14-16-10-7-6-8-11-16)19(24-17)13-21(4)15-23-20(2,3)25-21/h5-8,10-11,17-19H,1,9,12-15H2,2-4H3/t17-,18+,19+,21+/m0/s1. The van der Waals surface area contributed by atoms with Crippen molar-refractivity contribution in [1.29, 1.82) is 0 Å².